The minimum Gasteiger partial charge on any atom is -0.481 e. The van der Waals surface area contributed by atoms with Gasteiger partial charge in [0.15, 0.2) is 0 Å². The van der Waals surface area contributed by atoms with E-state index in [0.29, 0.717) is 11.3 Å². The van der Waals surface area contributed by atoms with Crippen molar-refractivity contribution in [2.45, 2.75) is 26.3 Å². The highest BCUT2D eigenvalue weighted by molar-refractivity contribution is 5.98. The number of aryl methyl sites for hydroxylation is 2. The summed E-state index contributed by atoms with van der Waals surface area (Å²) in [7, 11) is 1.36. The summed E-state index contributed by atoms with van der Waals surface area (Å²) in [5, 5.41) is 23.4. The highest BCUT2D eigenvalue weighted by Gasteiger charge is 2.26. The highest BCUT2D eigenvalue weighted by atomic mass is 16.4. The maximum atomic E-state index is 12.1. The summed E-state index contributed by atoms with van der Waals surface area (Å²) in [4.78, 5) is 45.5. The maximum Gasteiger partial charge on any atom is 0.326 e. The van der Waals surface area contributed by atoms with Crippen molar-refractivity contribution < 1.29 is 24.6 Å². The van der Waals surface area contributed by atoms with Crippen LogP contribution in [0.4, 0.5) is 0 Å². The Bertz CT molecular complexity index is 664. The first-order chi connectivity index (χ1) is 9.65. The van der Waals surface area contributed by atoms with Gasteiger partial charge in [0, 0.05) is 7.05 Å². The Hall–Kier alpha value is -2.71. The third kappa shape index (κ3) is 3.65. The number of carbonyl (C=O) groups excluding carboxylic acids is 1. The molecule has 0 unspecified atom stereocenters. The second-order valence-electron chi connectivity index (χ2n) is 4.48. The number of hydrogen-bond acceptors (Lipinski definition) is 5. The lowest BCUT2D eigenvalue weighted by Gasteiger charge is -2.14. The molecule has 1 rings (SSSR count). The lowest BCUT2D eigenvalue weighted by Crippen LogP contribution is -2.45. The summed E-state index contributed by atoms with van der Waals surface area (Å²) in [5.74, 6) is -3.81. The van der Waals surface area contributed by atoms with Gasteiger partial charge in [0.1, 0.15) is 11.6 Å². The largest absolute Gasteiger partial charge is 0.481 e. The monoisotopic (exact) mass is 297 g/mol. The fourth-order valence-electron chi connectivity index (χ4n) is 1.72. The minimum atomic E-state index is -1.62. The molecule has 0 fully saturated rings. The molecule has 0 aliphatic heterocycles. The molecule has 3 N–H and O–H groups in total. The number of aromatic nitrogens is 2. The SMILES string of the molecule is Cc1nn(C)c(=O)c(C(=O)N[C@H](CC(=O)O)C(=O)O)c1C. The second kappa shape index (κ2) is 6.16. The number of nitrogens with one attached hydrogen (secondary N) is 1. The van der Waals surface area contributed by atoms with Crippen molar-refractivity contribution in [2.24, 2.45) is 7.05 Å². The van der Waals surface area contributed by atoms with Gasteiger partial charge in [-0.05, 0) is 19.4 Å². The van der Waals surface area contributed by atoms with Gasteiger partial charge in [0.05, 0.1) is 12.1 Å². The molecule has 1 amide bonds. The molecule has 0 bridgehead atoms. The summed E-state index contributed by atoms with van der Waals surface area (Å²) in [6, 6.07) is -1.62. The number of nitrogens with zero attached hydrogens (tertiary/aromatic N) is 2. The number of carbonyl (C=O) groups is 3. The second-order valence-corrected chi connectivity index (χ2v) is 4.48. The molecule has 1 aromatic rings. The van der Waals surface area contributed by atoms with E-state index in [0.717, 1.165) is 4.68 Å². The molecule has 114 valence electrons. The highest BCUT2D eigenvalue weighted by Crippen LogP contribution is 2.06. The number of aliphatic carboxylic acids is 2. The average molecular weight is 297 g/mol. The van der Waals surface area contributed by atoms with E-state index in [-0.39, 0.29) is 5.56 Å². The smallest absolute Gasteiger partial charge is 0.326 e. The van der Waals surface area contributed by atoms with Crippen molar-refractivity contribution in [3.63, 3.8) is 0 Å². The Kier molecular flexibility index (Phi) is 4.79. The summed E-state index contributed by atoms with van der Waals surface area (Å²) >= 11 is 0. The van der Waals surface area contributed by atoms with Gasteiger partial charge in [-0.1, -0.05) is 0 Å². The van der Waals surface area contributed by atoms with E-state index in [4.69, 9.17) is 10.2 Å². The molecule has 0 radical (unpaired) electrons. The lowest BCUT2D eigenvalue weighted by molar-refractivity contribution is -0.145. The summed E-state index contributed by atoms with van der Waals surface area (Å²) in [6.45, 7) is 3.10. The third-order valence-corrected chi connectivity index (χ3v) is 2.93. The van der Waals surface area contributed by atoms with Crippen LogP contribution in [0.2, 0.25) is 0 Å². The predicted molar refractivity (Wildman–Crippen MR) is 70.1 cm³/mol. The van der Waals surface area contributed by atoms with Gasteiger partial charge in [-0.25, -0.2) is 9.48 Å². The fraction of sp³-hybridized carbons (Fsp3) is 0.417. The number of amides is 1. The van der Waals surface area contributed by atoms with E-state index in [1.54, 1.807) is 6.92 Å². The molecule has 9 nitrogen and oxygen atoms in total. The number of carboxylic acids is 2. The summed E-state index contributed by atoms with van der Waals surface area (Å²) in [6.07, 6.45) is -0.787. The van der Waals surface area contributed by atoms with E-state index in [1.807, 2.05) is 5.32 Å². The number of rotatable bonds is 5. The van der Waals surface area contributed by atoms with Crippen molar-refractivity contribution in [2.75, 3.05) is 0 Å². The third-order valence-electron chi connectivity index (χ3n) is 2.93. The van der Waals surface area contributed by atoms with E-state index in [9.17, 15) is 19.2 Å². The molecular weight excluding hydrogens is 282 g/mol. The predicted octanol–water partition coefficient (Wildman–Crippen LogP) is -0.945. The summed E-state index contributed by atoms with van der Waals surface area (Å²) < 4.78 is 0.963. The van der Waals surface area contributed by atoms with Gasteiger partial charge in [0.25, 0.3) is 11.5 Å². The van der Waals surface area contributed by atoms with Gasteiger partial charge in [0.2, 0.25) is 0 Å². The van der Waals surface area contributed by atoms with Gasteiger partial charge in [-0.3, -0.25) is 14.4 Å². The molecule has 0 aliphatic carbocycles. The zero-order chi connectivity index (χ0) is 16.3. The zero-order valence-corrected chi connectivity index (χ0v) is 11.7. The first-order valence-electron chi connectivity index (χ1n) is 5.95. The van der Waals surface area contributed by atoms with Crippen LogP contribution in [0.25, 0.3) is 0 Å². The number of carboxylic acid groups (broad SMARTS) is 2. The minimum absolute atomic E-state index is 0.248. The first kappa shape index (κ1) is 16.3. The number of hydrogen-bond donors (Lipinski definition) is 3. The van der Waals surface area contributed by atoms with Gasteiger partial charge in [-0.15, -0.1) is 0 Å². The Morgan fingerprint density at radius 2 is 1.86 bits per heavy atom. The molecule has 0 saturated heterocycles. The van der Waals surface area contributed by atoms with E-state index in [1.165, 1.54) is 14.0 Å². The lowest BCUT2D eigenvalue weighted by atomic mass is 10.1. The normalized spacial score (nSPS) is 11.8. The van der Waals surface area contributed by atoms with Crippen molar-refractivity contribution in [3.05, 3.63) is 27.2 Å². The molecule has 0 spiro atoms. The molecular formula is C12H15N3O6. The molecule has 21 heavy (non-hydrogen) atoms. The van der Waals surface area contributed by atoms with Crippen LogP contribution < -0.4 is 10.9 Å². The van der Waals surface area contributed by atoms with Gasteiger partial charge < -0.3 is 15.5 Å². The van der Waals surface area contributed by atoms with Crippen LogP contribution in [0, 0.1) is 13.8 Å². The average Bonchev–Trinajstić information content (AvgIpc) is 2.35. The maximum absolute atomic E-state index is 12.1. The van der Waals surface area contributed by atoms with Gasteiger partial charge in [-0.2, -0.15) is 5.10 Å². The van der Waals surface area contributed by atoms with E-state index >= 15 is 0 Å². The van der Waals surface area contributed by atoms with Gasteiger partial charge >= 0.3 is 11.9 Å². The Balaban J connectivity index is 3.17. The van der Waals surface area contributed by atoms with E-state index in [2.05, 4.69) is 5.10 Å². The zero-order valence-electron chi connectivity index (χ0n) is 11.7. The van der Waals surface area contributed by atoms with E-state index < -0.39 is 35.9 Å². The topological polar surface area (TPSA) is 139 Å². The Morgan fingerprint density at radius 3 is 2.33 bits per heavy atom. The molecule has 0 saturated carbocycles. The van der Waals surface area contributed by atoms with Crippen molar-refractivity contribution in [3.8, 4) is 0 Å². The Morgan fingerprint density at radius 1 is 1.29 bits per heavy atom. The van der Waals surface area contributed by atoms with Crippen LogP contribution in [-0.2, 0) is 16.6 Å². The molecule has 1 atom stereocenters. The van der Waals surface area contributed by atoms with Crippen LogP contribution >= 0.6 is 0 Å². The fourth-order valence-corrected chi connectivity index (χ4v) is 1.72. The van der Waals surface area contributed by atoms with Crippen molar-refractivity contribution >= 4 is 17.8 Å². The molecule has 0 aromatic carbocycles. The molecule has 9 heteroatoms. The van der Waals surface area contributed by atoms with Crippen LogP contribution in [0.1, 0.15) is 28.0 Å². The first-order valence-corrected chi connectivity index (χ1v) is 5.95. The summed E-state index contributed by atoms with van der Waals surface area (Å²) in [5.41, 5.74) is -0.181. The van der Waals surface area contributed by atoms with Crippen molar-refractivity contribution in [1.29, 1.82) is 0 Å². The van der Waals surface area contributed by atoms with Crippen molar-refractivity contribution in [1.82, 2.24) is 15.1 Å². The quantitative estimate of drug-likeness (QED) is 0.637. The molecule has 1 heterocycles. The Labute approximate surface area is 119 Å². The van der Waals surface area contributed by atoms with Crippen LogP contribution in [0.5, 0.6) is 0 Å². The molecule has 1 aromatic heterocycles. The van der Waals surface area contributed by atoms with Crippen LogP contribution in [0.3, 0.4) is 0 Å². The standard InChI is InChI=1S/C12H15N3O6/c1-5-6(2)14-15(3)11(19)9(5)10(18)13-7(12(20)21)4-8(16)17/h7H,4H2,1-3H3,(H,13,18)(H,16,17)(H,20,21)/t7-/m1/s1. The van der Waals surface area contributed by atoms with Crippen LogP contribution in [-0.4, -0.2) is 43.9 Å². The van der Waals surface area contributed by atoms with Crippen LogP contribution in [0.15, 0.2) is 4.79 Å². The molecule has 0 aliphatic rings.